The topological polar surface area (TPSA) is 106 Å². The van der Waals surface area contributed by atoms with E-state index >= 15 is 0 Å². The Kier molecular flexibility index (Phi) is 5.46. The van der Waals surface area contributed by atoms with Crippen LogP contribution in [0, 0.1) is 0 Å². The number of hydrogen-bond acceptors (Lipinski definition) is 7. The second-order valence-corrected chi connectivity index (χ2v) is 9.54. The third kappa shape index (κ3) is 4.16. The van der Waals surface area contributed by atoms with Gasteiger partial charge in [0.25, 0.3) is 0 Å². The number of aromatic nitrogens is 3. The highest BCUT2D eigenvalue weighted by Gasteiger charge is 2.15. The molecule has 0 spiro atoms. The van der Waals surface area contributed by atoms with Crippen LogP contribution < -0.4 is 15.4 Å². The van der Waals surface area contributed by atoms with E-state index in [0.717, 1.165) is 39.0 Å². The lowest BCUT2D eigenvalue weighted by Gasteiger charge is -2.16. The number of imidazole rings is 1. The Balaban J connectivity index is 1.48. The van der Waals surface area contributed by atoms with Gasteiger partial charge in [0, 0.05) is 31.9 Å². The van der Waals surface area contributed by atoms with Gasteiger partial charge in [-0.25, -0.2) is 23.1 Å². The van der Waals surface area contributed by atoms with Gasteiger partial charge in [-0.2, -0.15) is 0 Å². The molecule has 0 aliphatic heterocycles. The summed E-state index contributed by atoms with van der Waals surface area (Å²) < 4.78 is 24.5. The molecule has 8 nitrogen and oxygen atoms in total. The molecule has 2 aromatic heterocycles. The SMILES string of the molecule is CN(C)c1ccccc1-c1cnc2sc(NCCc3ccc(S(N)(=O)=O)cc3)nn12. The summed E-state index contributed by atoms with van der Waals surface area (Å²) in [5.41, 5.74) is 4.13. The van der Waals surface area contributed by atoms with Crippen LogP contribution in [0.4, 0.5) is 10.8 Å². The first kappa shape index (κ1) is 20.3. The second kappa shape index (κ2) is 8.05. The van der Waals surface area contributed by atoms with E-state index < -0.39 is 10.0 Å². The van der Waals surface area contributed by atoms with Crippen molar-refractivity contribution >= 4 is 37.1 Å². The monoisotopic (exact) mass is 442 g/mol. The van der Waals surface area contributed by atoms with E-state index in [9.17, 15) is 8.42 Å². The average molecular weight is 443 g/mol. The zero-order chi connectivity index (χ0) is 21.3. The Morgan fingerprint density at radius 1 is 1.13 bits per heavy atom. The standard InChI is InChI=1S/C20H22N6O2S2/c1-25(2)17-6-4-3-5-16(17)18-13-23-20-26(18)24-19(29-20)22-12-11-14-7-9-15(10-8-14)30(21,27)28/h3-10,13H,11-12H2,1-2H3,(H,22,24)(H2,21,27,28). The van der Waals surface area contributed by atoms with E-state index in [1.807, 2.05) is 36.9 Å². The van der Waals surface area contributed by atoms with Crippen LogP contribution in [0.2, 0.25) is 0 Å². The minimum atomic E-state index is -3.66. The van der Waals surface area contributed by atoms with Crippen molar-refractivity contribution in [3.05, 3.63) is 60.3 Å². The second-order valence-electron chi connectivity index (χ2n) is 7.02. The van der Waals surface area contributed by atoms with Crippen molar-refractivity contribution in [3.8, 4) is 11.3 Å². The average Bonchev–Trinajstić information content (AvgIpc) is 3.28. The number of para-hydroxylation sites is 1. The first-order chi connectivity index (χ1) is 14.3. The molecular formula is C20H22N6O2S2. The lowest BCUT2D eigenvalue weighted by molar-refractivity contribution is 0.598. The first-order valence-corrected chi connectivity index (χ1v) is 11.7. The Morgan fingerprint density at radius 3 is 2.57 bits per heavy atom. The fourth-order valence-electron chi connectivity index (χ4n) is 3.19. The summed E-state index contributed by atoms with van der Waals surface area (Å²) in [6.45, 7) is 0.662. The molecule has 0 aliphatic carbocycles. The van der Waals surface area contributed by atoms with Crippen LogP contribution in [-0.4, -0.2) is 43.7 Å². The number of nitrogens with zero attached hydrogens (tertiary/aromatic N) is 4. The zero-order valence-corrected chi connectivity index (χ0v) is 18.2. The molecule has 2 heterocycles. The maximum absolute atomic E-state index is 11.3. The lowest BCUT2D eigenvalue weighted by Crippen LogP contribution is -2.12. The van der Waals surface area contributed by atoms with Crippen molar-refractivity contribution in [2.75, 3.05) is 30.9 Å². The van der Waals surface area contributed by atoms with Crippen LogP contribution >= 0.6 is 11.3 Å². The van der Waals surface area contributed by atoms with Gasteiger partial charge < -0.3 is 10.2 Å². The third-order valence-electron chi connectivity index (χ3n) is 4.69. The van der Waals surface area contributed by atoms with E-state index in [4.69, 9.17) is 5.14 Å². The van der Waals surface area contributed by atoms with Crippen molar-refractivity contribution in [2.45, 2.75) is 11.3 Å². The van der Waals surface area contributed by atoms with Crippen molar-refractivity contribution in [1.29, 1.82) is 0 Å². The quantitative estimate of drug-likeness (QED) is 0.456. The number of nitrogens with one attached hydrogen (secondary N) is 1. The predicted molar refractivity (Wildman–Crippen MR) is 121 cm³/mol. The number of sulfonamides is 1. The Morgan fingerprint density at radius 2 is 1.87 bits per heavy atom. The summed E-state index contributed by atoms with van der Waals surface area (Å²) in [6.07, 6.45) is 2.57. The maximum Gasteiger partial charge on any atom is 0.238 e. The molecule has 0 radical (unpaired) electrons. The van der Waals surface area contributed by atoms with Crippen molar-refractivity contribution in [3.63, 3.8) is 0 Å². The van der Waals surface area contributed by atoms with Gasteiger partial charge in [-0.05, 0) is 30.2 Å². The molecule has 156 valence electrons. The Labute approximate surface area is 179 Å². The van der Waals surface area contributed by atoms with Gasteiger partial charge in [-0.1, -0.05) is 41.7 Å². The molecule has 10 heteroatoms. The predicted octanol–water partition coefficient (Wildman–Crippen LogP) is 2.83. The summed E-state index contributed by atoms with van der Waals surface area (Å²) in [5.74, 6) is 0. The van der Waals surface area contributed by atoms with Crippen LogP contribution in [0.1, 0.15) is 5.56 Å². The van der Waals surface area contributed by atoms with Crippen molar-refractivity contribution in [1.82, 2.24) is 14.6 Å². The lowest BCUT2D eigenvalue weighted by atomic mass is 10.1. The number of hydrogen-bond donors (Lipinski definition) is 2. The number of primary sulfonamides is 1. The highest BCUT2D eigenvalue weighted by Crippen LogP contribution is 2.32. The van der Waals surface area contributed by atoms with E-state index in [-0.39, 0.29) is 4.90 Å². The van der Waals surface area contributed by atoms with Gasteiger partial charge in [0.1, 0.15) is 0 Å². The molecule has 4 aromatic rings. The number of rotatable bonds is 7. The molecule has 0 aliphatic rings. The first-order valence-electron chi connectivity index (χ1n) is 9.30. The molecule has 30 heavy (non-hydrogen) atoms. The van der Waals surface area contributed by atoms with Gasteiger partial charge in [-0.3, -0.25) is 0 Å². The van der Waals surface area contributed by atoms with Crippen molar-refractivity contribution in [2.24, 2.45) is 5.14 Å². The smallest absolute Gasteiger partial charge is 0.238 e. The Bertz CT molecular complexity index is 1280. The minimum Gasteiger partial charge on any atom is -0.377 e. The summed E-state index contributed by atoms with van der Waals surface area (Å²) >= 11 is 1.49. The normalized spacial score (nSPS) is 11.7. The van der Waals surface area contributed by atoms with Crippen molar-refractivity contribution < 1.29 is 8.42 Å². The molecule has 0 fully saturated rings. The summed E-state index contributed by atoms with van der Waals surface area (Å²) in [6, 6.07) is 14.7. The largest absolute Gasteiger partial charge is 0.377 e. The van der Waals surface area contributed by atoms with Crippen LogP contribution in [0.3, 0.4) is 0 Å². The molecule has 0 saturated heterocycles. The van der Waals surface area contributed by atoms with E-state index in [1.165, 1.54) is 23.5 Å². The van der Waals surface area contributed by atoms with Crippen LogP contribution in [-0.2, 0) is 16.4 Å². The maximum atomic E-state index is 11.3. The van der Waals surface area contributed by atoms with Crippen LogP contribution in [0.25, 0.3) is 16.2 Å². The molecule has 0 amide bonds. The molecule has 0 bridgehead atoms. The zero-order valence-electron chi connectivity index (χ0n) is 16.6. The summed E-state index contributed by atoms with van der Waals surface area (Å²) in [5, 5.41) is 13.9. The van der Waals surface area contributed by atoms with Gasteiger partial charge >= 0.3 is 0 Å². The summed E-state index contributed by atoms with van der Waals surface area (Å²) in [7, 11) is 0.365. The number of nitrogens with two attached hydrogens (primary N) is 1. The summed E-state index contributed by atoms with van der Waals surface area (Å²) in [4.78, 5) is 7.51. The Hall–Kier alpha value is -2.95. The van der Waals surface area contributed by atoms with Crippen LogP contribution in [0.5, 0.6) is 0 Å². The van der Waals surface area contributed by atoms with Gasteiger partial charge in [0.2, 0.25) is 20.1 Å². The highest BCUT2D eigenvalue weighted by atomic mass is 32.2. The van der Waals surface area contributed by atoms with Crippen LogP contribution in [0.15, 0.2) is 59.6 Å². The molecule has 0 saturated carbocycles. The van der Waals surface area contributed by atoms with E-state index in [2.05, 4.69) is 32.4 Å². The molecule has 0 unspecified atom stereocenters. The van der Waals surface area contributed by atoms with Gasteiger partial charge in [0.15, 0.2) is 0 Å². The molecule has 2 aromatic carbocycles. The van der Waals surface area contributed by atoms with E-state index in [1.54, 1.807) is 12.1 Å². The molecule has 4 rings (SSSR count). The number of fused-ring (bicyclic) bond motifs is 1. The third-order valence-corrected chi connectivity index (χ3v) is 6.50. The van der Waals surface area contributed by atoms with E-state index in [0.29, 0.717) is 6.54 Å². The number of benzene rings is 2. The fraction of sp³-hybridized carbons (Fsp3) is 0.200. The molecular weight excluding hydrogens is 420 g/mol. The fourth-order valence-corrected chi connectivity index (χ4v) is 4.50. The highest BCUT2D eigenvalue weighted by molar-refractivity contribution is 7.89. The van der Waals surface area contributed by atoms with Gasteiger partial charge in [-0.15, -0.1) is 5.10 Å². The molecule has 3 N–H and O–H groups in total. The molecule has 0 atom stereocenters. The van der Waals surface area contributed by atoms with Gasteiger partial charge in [0.05, 0.1) is 16.8 Å². The number of anilines is 2. The minimum absolute atomic E-state index is 0.117.